The fourth-order valence-electron chi connectivity index (χ4n) is 9.60. The van der Waals surface area contributed by atoms with Crippen LogP contribution in [0.2, 0.25) is 0 Å². The van der Waals surface area contributed by atoms with Gasteiger partial charge in [-0.3, -0.25) is 0 Å². The summed E-state index contributed by atoms with van der Waals surface area (Å²) in [5, 5.41) is 79.7. The van der Waals surface area contributed by atoms with Crippen LogP contribution in [0.3, 0.4) is 0 Å². The highest BCUT2D eigenvalue weighted by Gasteiger charge is 2.34. The standard InChI is InChI=1S/C52H78N4O16/c1-29(65-17-9-57)45-37-25-39-47(31(3)67-19-11-59)49(33(5)69-21-13-61)41(54-39)27-43-51(35(7)71-23-15-63)52(36(8)72-24-16-64)44(56-43)28-42-50(34(6)70-22-14-62)48(32(4)68-20-12-60)40(55-42)26-38(53-37)46(45)30(2)66-18-10-58/h25-36,53,56-64H,9-24H2,1-8H3. The number of aromatic nitrogens is 4. The van der Waals surface area contributed by atoms with Gasteiger partial charge < -0.3 is 88.7 Å². The molecule has 20 nitrogen and oxygen atoms in total. The molecule has 72 heavy (non-hydrogen) atoms. The topological polar surface area (TPSA) is 293 Å². The molecule has 0 aromatic carbocycles. The first kappa shape index (κ1) is 58.8. The zero-order chi connectivity index (χ0) is 52.5. The van der Waals surface area contributed by atoms with Crippen molar-refractivity contribution >= 4 is 44.4 Å². The third-order valence-corrected chi connectivity index (χ3v) is 12.5. The first-order chi connectivity index (χ1) is 34.7. The third kappa shape index (κ3) is 14.2. The number of aliphatic hydroxyl groups excluding tert-OH is 8. The van der Waals surface area contributed by atoms with Crippen molar-refractivity contribution in [3.63, 3.8) is 0 Å². The Bertz CT molecular complexity index is 2100. The lowest BCUT2D eigenvalue weighted by atomic mass is 9.94. The maximum atomic E-state index is 9.97. The molecule has 3 aromatic rings. The van der Waals surface area contributed by atoms with Crippen molar-refractivity contribution < 1.29 is 78.7 Å². The highest BCUT2D eigenvalue weighted by Crippen LogP contribution is 2.44. The fourth-order valence-corrected chi connectivity index (χ4v) is 9.60. The summed E-state index contributed by atoms with van der Waals surface area (Å²) in [4.78, 5) is 18.0. The molecule has 8 unspecified atom stereocenters. The van der Waals surface area contributed by atoms with Crippen molar-refractivity contribution in [3.05, 3.63) is 69.3 Å². The van der Waals surface area contributed by atoms with Crippen molar-refractivity contribution in [1.82, 2.24) is 19.9 Å². The smallest absolute Gasteiger partial charge is 0.0823 e. The van der Waals surface area contributed by atoms with Crippen molar-refractivity contribution in [2.75, 3.05) is 106 Å². The molecule has 0 amide bonds. The number of nitrogens with zero attached hydrogens (tertiary/aromatic N) is 2. The Hall–Kier alpha value is -4.04. The number of hydrogen-bond acceptors (Lipinski definition) is 18. The Labute approximate surface area is 421 Å². The molecule has 5 heterocycles. The summed E-state index contributed by atoms with van der Waals surface area (Å²) < 4.78 is 50.1. The molecule has 3 aromatic heterocycles. The van der Waals surface area contributed by atoms with Crippen LogP contribution in [0.1, 0.15) is 125 Å². The van der Waals surface area contributed by atoms with Gasteiger partial charge in [0.1, 0.15) is 0 Å². The molecule has 8 bridgehead atoms. The van der Waals surface area contributed by atoms with E-state index in [1.807, 2.05) is 79.7 Å². The highest BCUT2D eigenvalue weighted by atomic mass is 16.5. The van der Waals surface area contributed by atoms with Crippen molar-refractivity contribution in [2.45, 2.75) is 104 Å². The summed E-state index contributed by atoms with van der Waals surface area (Å²) >= 11 is 0. The molecule has 10 N–H and O–H groups in total. The minimum atomic E-state index is -0.668. The van der Waals surface area contributed by atoms with E-state index in [-0.39, 0.29) is 106 Å². The summed E-state index contributed by atoms with van der Waals surface area (Å²) in [6, 6.07) is 7.50. The molecule has 5 rings (SSSR count). The largest absolute Gasteiger partial charge is 0.394 e. The van der Waals surface area contributed by atoms with Crippen molar-refractivity contribution in [1.29, 1.82) is 0 Å². The van der Waals surface area contributed by atoms with E-state index < -0.39 is 48.8 Å². The maximum absolute atomic E-state index is 9.97. The van der Waals surface area contributed by atoms with Crippen LogP contribution in [0.15, 0.2) is 24.3 Å². The molecule has 2 aliphatic heterocycles. The molecular weight excluding hydrogens is 937 g/mol. The highest BCUT2D eigenvalue weighted by molar-refractivity contribution is 5.99. The molecule has 0 radical (unpaired) electrons. The maximum Gasteiger partial charge on any atom is 0.0823 e. The average Bonchev–Trinajstić information content (AvgIpc) is 4.12. The molecule has 0 aliphatic carbocycles. The molecule has 0 spiro atoms. The van der Waals surface area contributed by atoms with Crippen LogP contribution in [0, 0.1) is 0 Å². The van der Waals surface area contributed by atoms with E-state index in [0.717, 1.165) is 0 Å². The van der Waals surface area contributed by atoms with Crippen LogP contribution in [0.5, 0.6) is 0 Å². The normalized spacial score (nSPS) is 16.6. The number of H-pyrrole nitrogens is 2. The fraction of sp³-hybridized carbons (Fsp3) is 0.615. The second-order valence-electron chi connectivity index (χ2n) is 17.4. The number of nitrogens with one attached hydrogen (secondary N) is 2. The predicted octanol–water partition coefficient (Wildman–Crippen LogP) is 4.01. The van der Waals surface area contributed by atoms with Gasteiger partial charge in [0, 0.05) is 66.6 Å². The lowest BCUT2D eigenvalue weighted by Crippen LogP contribution is -2.19. The molecule has 0 saturated heterocycles. The van der Waals surface area contributed by atoms with E-state index in [4.69, 9.17) is 47.9 Å². The van der Waals surface area contributed by atoms with Crippen molar-refractivity contribution in [3.8, 4) is 0 Å². The molecule has 402 valence electrons. The van der Waals surface area contributed by atoms with Crippen LogP contribution >= 0.6 is 0 Å². The van der Waals surface area contributed by atoms with E-state index in [1.165, 1.54) is 0 Å². The average molecular weight is 1020 g/mol. The molecule has 2 aliphatic rings. The van der Waals surface area contributed by atoms with Gasteiger partial charge >= 0.3 is 0 Å². The van der Waals surface area contributed by atoms with Gasteiger partial charge in [-0.25, -0.2) is 9.97 Å². The SMILES string of the molecule is CC(OCCO)C1=C(C(C)OCCO)c2cc3[nH]c(cc4nc(cc5[nH]c(cc1n2)c(C(C)OCCO)c5C(C)OCCO)C(C(C)OCCO)=C4C(C)OCCO)c(C(C)OCCO)c3C(C)OCCO. The zero-order valence-electron chi connectivity index (χ0n) is 43.0. The van der Waals surface area contributed by atoms with Crippen LogP contribution in [-0.2, 0) is 37.9 Å². The zero-order valence-corrected chi connectivity index (χ0v) is 43.0. The number of fused-ring (bicyclic) bond motifs is 8. The molecule has 20 heteroatoms. The van der Waals surface area contributed by atoms with Crippen LogP contribution in [0.4, 0.5) is 0 Å². The summed E-state index contributed by atoms with van der Waals surface area (Å²) in [5.74, 6) is 0. The van der Waals surface area contributed by atoms with Gasteiger partial charge in [0.15, 0.2) is 0 Å². The van der Waals surface area contributed by atoms with Gasteiger partial charge in [-0.2, -0.15) is 0 Å². The second kappa shape index (κ2) is 29.2. The number of rotatable bonds is 32. The van der Waals surface area contributed by atoms with Gasteiger partial charge in [0.25, 0.3) is 0 Å². The van der Waals surface area contributed by atoms with Crippen LogP contribution in [-0.4, -0.2) is 191 Å². The number of hydrogen-bond donors (Lipinski definition) is 10. The lowest BCUT2D eigenvalue weighted by Gasteiger charge is -2.21. The number of ether oxygens (including phenoxy) is 8. The van der Waals surface area contributed by atoms with E-state index in [9.17, 15) is 40.9 Å². The predicted molar refractivity (Wildman–Crippen MR) is 270 cm³/mol. The monoisotopic (exact) mass is 1010 g/mol. The van der Waals surface area contributed by atoms with Gasteiger partial charge in [-0.15, -0.1) is 0 Å². The van der Waals surface area contributed by atoms with Crippen LogP contribution < -0.4 is 0 Å². The Balaban J connectivity index is 2.18. The summed E-state index contributed by atoms with van der Waals surface area (Å²) in [7, 11) is 0. The Morgan fingerprint density at radius 2 is 0.472 bits per heavy atom. The van der Waals surface area contributed by atoms with E-state index in [0.29, 0.717) is 89.4 Å². The Morgan fingerprint density at radius 1 is 0.306 bits per heavy atom. The molecule has 8 atom stereocenters. The summed E-state index contributed by atoms with van der Waals surface area (Å²) in [6.45, 7) is 13.0. The lowest BCUT2D eigenvalue weighted by molar-refractivity contribution is 0.0269. The number of aromatic amines is 2. The Kier molecular flexibility index (Phi) is 23.8. The first-order valence-electron chi connectivity index (χ1n) is 24.9. The Morgan fingerprint density at radius 3 is 0.639 bits per heavy atom. The molecular formula is C52H78N4O16. The minimum Gasteiger partial charge on any atom is -0.394 e. The van der Waals surface area contributed by atoms with Crippen molar-refractivity contribution in [2.24, 2.45) is 0 Å². The van der Waals surface area contributed by atoms with Gasteiger partial charge in [-0.05, 0) is 79.7 Å². The number of aliphatic hydroxyl groups is 8. The quantitative estimate of drug-likeness (QED) is 0.0423. The second-order valence-corrected chi connectivity index (χ2v) is 17.4. The van der Waals surface area contributed by atoms with E-state index in [1.54, 1.807) is 0 Å². The van der Waals surface area contributed by atoms with Gasteiger partial charge in [-0.1, -0.05) is 0 Å². The first-order valence-corrected chi connectivity index (χ1v) is 24.9. The van der Waals surface area contributed by atoms with Gasteiger partial charge in [0.05, 0.1) is 177 Å². The minimum absolute atomic E-state index is 0.0105. The summed E-state index contributed by atoms with van der Waals surface area (Å²) in [5.41, 5.74) is 9.27. The van der Waals surface area contributed by atoms with Crippen LogP contribution in [0.25, 0.3) is 44.4 Å². The molecule has 0 fully saturated rings. The van der Waals surface area contributed by atoms with E-state index in [2.05, 4.69) is 9.97 Å². The summed E-state index contributed by atoms with van der Waals surface area (Å²) in [6.07, 6.45) is -5.30. The van der Waals surface area contributed by atoms with E-state index >= 15 is 0 Å². The third-order valence-electron chi connectivity index (χ3n) is 12.5. The van der Waals surface area contributed by atoms with Gasteiger partial charge in [0.2, 0.25) is 0 Å². The molecule has 0 saturated carbocycles.